The molecule has 0 amide bonds. The van der Waals surface area contributed by atoms with Crippen LogP contribution in [0.15, 0.2) is 6.07 Å². The summed E-state index contributed by atoms with van der Waals surface area (Å²) in [6, 6.07) is 3.67. The minimum atomic E-state index is 0.391. The monoisotopic (exact) mass is 239 g/mol. The van der Waals surface area contributed by atoms with Gasteiger partial charge in [-0.2, -0.15) is 5.26 Å². The summed E-state index contributed by atoms with van der Waals surface area (Å²) in [6.07, 6.45) is 0. The van der Waals surface area contributed by atoms with E-state index in [0.29, 0.717) is 43.6 Å². The number of rotatable bonds is 7. The summed E-state index contributed by atoms with van der Waals surface area (Å²) in [5.41, 5.74) is 6.71. The van der Waals surface area contributed by atoms with Crippen molar-refractivity contribution in [3.8, 4) is 11.9 Å². The van der Waals surface area contributed by atoms with Crippen molar-refractivity contribution in [2.45, 2.75) is 6.54 Å². The van der Waals surface area contributed by atoms with Gasteiger partial charge in [-0.15, -0.1) is 0 Å². The second-order valence-electron chi connectivity index (χ2n) is 3.39. The molecule has 0 aliphatic heterocycles. The van der Waals surface area contributed by atoms with Gasteiger partial charge in [0, 0.05) is 20.3 Å². The molecule has 1 aromatic rings. The first-order chi connectivity index (χ1) is 8.24. The second kappa shape index (κ2) is 6.78. The molecule has 1 heterocycles. The summed E-state index contributed by atoms with van der Waals surface area (Å²) in [5.74, 6) is 0.496. The number of ether oxygens (including phenoxy) is 3. The van der Waals surface area contributed by atoms with Gasteiger partial charge in [0.05, 0.1) is 25.4 Å². The lowest BCUT2D eigenvalue weighted by atomic mass is 10.4. The normalized spacial score (nSPS) is 10.2. The van der Waals surface area contributed by atoms with Crippen LogP contribution in [0.2, 0.25) is 0 Å². The van der Waals surface area contributed by atoms with E-state index in [9.17, 15) is 0 Å². The van der Waals surface area contributed by atoms with Crippen LogP contribution in [0.4, 0.5) is 5.69 Å². The number of nitrogens with two attached hydrogens (primary N) is 1. The predicted molar refractivity (Wildman–Crippen MR) is 62.8 cm³/mol. The van der Waals surface area contributed by atoms with Gasteiger partial charge in [-0.3, -0.25) is 4.57 Å². The third kappa shape index (κ3) is 3.37. The molecule has 0 aromatic carbocycles. The molecule has 6 nitrogen and oxygen atoms in total. The van der Waals surface area contributed by atoms with Gasteiger partial charge in [0.1, 0.15) is 18.4 Å². The summed E-state index contributed by atoms with van der Waals surface area (Å²) in [4.78, 5) is 0. The molecule has 6 heteroatoms. The molecule has 0 radical (unpaired) electrons. The Balaban J connectivity index is 2.84. The van der Waals surface area contributed by atoms with Crippen molar-refractivity contribution < 1.29 is 14.2 Å². The van der Waals surface area contributed by atoms with Gasteiger partial charge in [-0.05, 0) is 0 Å². The molecular formula is C11H17N3O3. The summed E-state index contributed by atoms with van der Waals surface area (Å²) in [7, 11) is 3.20. The molecule has 2 N–H and O–H groups in total. The van der Waals surface area contributed by atoms with Crippen molar-refractivity contribution >= 4 is 5.69 Å². The molecule has 0 fully saturated rings. The van der Waals surface area contributed by atoms with Crippen molar-refractivity contribution in [1.82, 2.24) is 4.57 Å². The Morgan fingerprint density at radius 2 is 2.00 bits per heavy atom. The minimum Gasteiger partial charge on any atom is -0.475 e. The fourth-order valence-electron chi connectivity index (χ4n) is 1.43. The Labute approximate surface area is 100 Å². The van der Waals surface area contributed by atoms with Crippen LogP contribution in [0.3, 0.4) is 0 Å². The highest BCUT2D eigenvalue weighted by Crippen LogP contribution is 2.26. The second-order valence-corrected chi connectivity index (χ2v) is 3.39. The van der Waals surface area contributed by atoms with Crippen LogP contribution in [0.1, 0.15) is 5.69 Å². The maximum atomic E-state index is 8.98. The predicted octanol–water partition coefficient (Wildman–Crippen LogP) is 0.614. The number of nitrogens with zero attached hydrogens (tertiary/aromatic N) is 2. The number of hydrogen-bond donors (Lipinski definition) is 1. The molecule has 0 bridgehead atoms. The molecule has 0 saturated carbocycles. The maximum Gasteiger partial charge on any atom is 0.218 e. The van der Waals surface area contributed by atoms with Gasteiger partial charge < -0.3 is 19.9 Å². The Morgan fingerprint density at radius 3 is 2.59 bits per heavy atom. The average Bonchev–Trinajstić information content (AvgIpc) is 2.63. The average molecular weight is 239 g/mol. The molecule has 1 aromatic heterocycles. The Kier molecular flexibility index (Phi) is 5.33. The van der Waals surface area contributed by atoms with Crippen LogP contribution in [0, 0.1) is 11.3 Å². The molecule has 0 unspecified atom stereocenters. The zero-order chi connectivity index (χ0) is 12.7. The lowest BCUT2D eigenvalue weighted by Crippen LogP contribution is -2.12. The summed E-state index contributed by atoms with van der Waals surface area (Å²) in [5, 5.41) is 8.98. The molecule has 0 aliphatic rings. The Hall–Kier alpha value is -1.71. The first-order valence-corrected chi connectivity index (χ1v) is 5.24. The van der Waals surface area contributed by atoms with Gasteiger partial charge in [0.25, 0.3) is 0 Å². The standard InChI is InChI=1S/C11H17N3O3/c1-15-4-3-14-9(8-12)7-10(13)11(14)17-6-5-16-2/h7H,3-6,13H2,1-2H3. The molecule has 0 saturated heterocycles. The molecule has 1 rings (SSSR count). The summed E-state index contributed by atoms with van der Waals surface area (Å²) < 4.78 is 17.1. The van der Waals surface area contributed by atoms with Crippen molar-refractivity contribution in [3.63, 3.8) is 0 Å². The number of nitriles is 1. The third-order valence-electron chi connectivity index (χ3n) is 2.23. The van der Waals surface area contributed by atoms with Crippen molar-refractivity contribution in [3.05, 3.63) is 11.8 Å². The number of aromatic nitrogens is 1. The van der Waals surface area contributed by atoms with Crippen LogP contribution >= 0.6 is 0 Å². The van der Waals surface area contributed by atoms with Gasteiger partial charge in [-0.1, -0.05) is 0 Å². The zero-order valence-electron chi connectivity index (χ0n) is 10.1. The van der Waals surface area contributed by atoms with Crippen LogP contribution < -0.4 is 10.5 Å². The lowest BCUT2D eigenvalue weighted by Gasteiger charge is -2.11. The van der Waals surface area contributed by atoms with E-state index in [1.165, 1.54) is 0 Å². The third-order valence-corrected chi connectivity index (χ3v) is 2.23. The van der Waals surface area contributed by atoms with Gasteiger partial charge >= 0.3 is 0 Å². The first-order valence-electron chi connectivity index (χ1n) is 5.24. The van der Waals surface area contributed by atoms with E-state index in [4.69, 9.17) is 25.2 Å². The Morgan fingerprint density at radius 1 is 1.29 bits per heavy atom. The van der Waals surface area contributed by atoms with Crippen LogP contribution in [-0.4, -0.2) is 38.6 Å². The van der Waals surface area contributed by atoms with Crippen molar-refractivity contribution in [1.29, 1.82) is 5.26 Å². The van der Waals surface area contributed by atoms with Gasteiger partial charge in [0.2, 0.25) is 5.88 Å². The molecule has 0 atom stereocenters. The van der Waals surface area contributed by atoms with Crippen LogP contribution in [0.5, 0.6) is 5.88 Å². The van der Waals surface area contributed by atoms with E-state index in [-0.39, 0.29) is 0 Å². The van der Waals surface area contributed by atoms with E-state index in [2.05, 4.69) is 6.07 Å². The summed E-state index contributed by atoms with van der Waals surface area (Å²) in [6.45, 7) is 1.88. The highest BCUT2D eigenvalue weighted by molar-refractivity contribution is 5.55. The van der Waals surface area contributed by atoms with Crippen molar-refractivity contribution in [2.75, 3.05) is 39.8 Å². The maximum absolute atomic E-state index is 8.98. The first kappa shape index (κ1) is 13.4. The highest BCUT2D eigenvalue weighted by atomic mass is 16.5. The van der Waals surface area contributed by atoms with E-state index in [1.807, 2.05) is 0 Å². The lowest BCUT2D eigenvalue weighted by molar-refractivity contribution is 0.138. The van der Waals surface area contributed by atoms with Gasteiger partial charge in [-0.25, -0.2) is 0 Å². The molecular weight excluding hydrogens is 222 g/mol. The minimum absolute atomic E-state index is 0.391. The topological polar surface area (TPSA) is 82.4 Å². The van der Waals surface area contributed by atoms with E-state index in [0.717, 1.165) is 0 Å². The van der Waals surface area contributed by atoms with Crippen LogP contribution in [-0.2, 0) is 16.0 Å². The number of anilines is 1. The van der Waals surface area contributed by atoms with E-state index < -0.39 is 0 Å². The molecule has 17 heavy (non-hydrogen) atoms. The molecule has 94 valence electrons. The fourth-order valence-corrected chi connectivity index (χ4v) is 1.43. The summed E-state index contributed by atoms with van der Waals surface area (Å²) >= 11 is 0. The smallest absolute Gasteiger partial charge is 0.218 e. The number of hydrogen-bond acceptors (Lipinski definition) is 5. The van der Waals surface area contributed by atoms with Crippen molar-refractivity contribution in [2.24, 2.45) is 0 Å². The quantitative estimate of drug-likeness (QED) is 0.705. The fraction of sp³-hybridized carbons (Fsp3) is 0.545. The molecule has 0 aliphatic carbocycles. The largest absolute Gasteiger partial charge is 0.475 e. The van der Waals surface area contributed by atoms with Crippen LogP contribution in [0.25, 0.3) is 0 Å². The van der Waals surface area contributed by atoms with E-state index in [1.54, 1.807) is 24.9 Å². The zero-order valence-corrected chi connectivity index (χ0v) is 10.1. The number of nitrogen functional groups attached to an aromatic ring is 1. The molecule has 0 spiro atoms. The van der Waals surface area contributed by atoms with Gasteiger partial charge in [0.15, 0.2) is 0 Å². The SMILES string of the molecule is COCCOc1c(N)cc(C#N)n1CCOC. The number of methoxy groups -OCH3 is 2. The van der Waals surface area contributed by atoms with E-state index >= 15 is 0 Å². The highest BCUT2D eigenvalue weighted by Gasteiger charge is 2.14. The Bertz CT molecular complexity index is 395.